The third-order valence-corrected chi connectivity index (χ3v) is 5.21. The number of anilines is 1. The molecular weight excluding hydrogens is 320 g/mol. The molecule has 0 spiro atoms. The highest BCUT2D eigenvalue weighted by Crippen LogP contribution is 2.43. The normalized spacial score (nSPS) is 18.9. The fraction of sp³-hybridized carbons (Fsp3) is 0.444. The summed E-state index contributed by atoms with van der Waals surface area (Å²) in [6.45, 7) is 0.763. The lowest BCUT2D eigenvalue weighted by Crippen LogP contribution is -2.48. The molecule has 2 aromatic rings. The first-order chi connectivity index (χ1) is 12.1. The highest BCUT2D eigenvalue weighted by atomic mass is 16.5. The van der Waals surface area contributed by atoms with E-state index < -0.39 is 5.41 Å². The number of rotatable bonds is 4. The van der Waals surface area contributed by atoms with Crippen LogP contribution in [0.3, 0.4) is 0 Å². The number of nitrogens with zero attached hydrogens (tertiary/aromatic N) is 3. The molecule has 2 aliphatic rings. The molecule has 0 bridgehead atoms. The summed E-state index contributed by atoms with van der Waals surface area (Å²) < 4.78 is 5.41. The molecule has 130 valence electrons. The van der Waals surface area contributed by atoms with Gasteiger partial charge in [-0.15, -0.1) is 0 Å². The first-order valence-corrected chi connectivity index (χ1v) is 8.61. The number of aromatic nitrogens is 2. The Labute approximate surface area is 145 Å². The Hall–Kier alpha value is -2.70. The van der Waals surface area contributed by atoms with Gasteiger partial charge in [0.1, 0.15) is 5.41 Å². The van der Waals surface area contributed by atoms with Gasteiger partial charge in [-0.3, -0.25) is 9.59 Å². The molecule has 1 aliphatic heterocycles. The predicted molar refractivity (Wildman–Crippen MR) is 90.9 cm³/mol. The minimum Gasteiger partial charge on any atom is -0.358 e. The van der Waals surface area contributed by atoms with Gasteiger partial charge >= 0.3 is 0 Å². The van der Waals surface area contributed by atoms with E-state index in [1.807, 2.05) is 24.3 Å². The number of carbonyl (C=O) groups excluding carboxylic acids is 2. The summed E-state index contributed by atoms with van der Waals surface area (Å²) in [5.74, 6) is 0.931. The topological polar surface area (TPSA) is 88.3 Å². The van der Waals surface area contributed by atoms with E-state index in [1.165, 1.54) is 0 Å². The Kier molecular flexibility index (Phi) is 3.78. The number of amides is 2. The largest absolute Gasteiger partial charge is 0.358 e. The molecule has 1 aliphatic carbocycles. The third-order valence-electron chi connectivity index (χ3n) is 5.21. The van der Waals surface area contributed by atoms with Crippen LogP contribution in [0.2, 0.25) is 0 Å². The molecule has 1 saturated heterocycles. The van der Waals surface area contributed by atoms with E-state index in [0.29, 0.717) is 18.1 Å². The molecule has 1 N–H and O–H groups in total. The van der Waals surface area contributed by atoms with E-state index in [1.54, 1.807) is 11.9 Å². The third kappa shape index (κ3) is 2.50. The zero-order chi connectivity index (χ0) is 17.4. The van der Waals surface area contributed by atoms with Gasteiger partial charge in [-0.05, 0) is 43.5 Å². The van der Waals surface area contributed by atoms with Gasteiger partial charge in [-0.25, -0.2) is 0 Å². The van der Waals surface area contributed by atoms with E-state index in [4.69, 9.17) is 4.52 Å². The zero-order valence-electron chi connectivity index (χ0n) is 14.1. The van der Waals surface area contributed by atoms with Gasteiger partial charge in [-0.2, -0.15) is 4.98 Å². The summed E-state index contributed by atoms with van der Waals surface area (Å²) in [5.41, 5.74) is 1.01. The van der Waals surface area contributed by atoms with Gasteiger partial charge in [0.05, 0.1) is 0 Å². The SMILES string of the molecule is CNC(=O)C1(c2nc(-c3ccc(N4CCCC4=O)cc3)no2)CCC1. The highest BCUT2D eigenvalue weighted by Gasteiger charge is 2.50. The average molecular weight is 340 g/mol. The van der Waals surface area contributed by atoms with Crippen molar-refractivity contribution in [2.45, 2.75) is 37.5 Å². The van der Waals surface area contributed by atoms with Crippen LogP contribution in [0.5, 0.6) is 0 Å². The first-order valence-electron chi connectivity index (χ1n) is 8.61. The Morgan fingerprint density at radius 1 is 1.24 bits per heavy atom. The van der Waals surface area contributed by atoms with Crippen LogP contribution < -0.4 is 10.2 Å². The monoisotopic (exact) mass is 340 g/mol. The number of likely N-dealkylation sites (N-methyl/N-ethyl adjacent to an activating group) is 1. The maximum Gasteiger partial charge on any atom is 0.242 e. The molecule has 2 fully saturated rings. The Bertz CT molecular complexity index is 808. The average Bonchev–Trinajstić information content (AvgIpc) is 3.23. The maximum absolute atomic E-state index is 12.2. The number of carbonyl (C=O) groups is 2. The lowest BCUT2D eigenvalue weighted by Gasteiger charge is -2.35. The summed E-state index contributed by atoms with van der Waals surface area (Å²) in [4.78, 5) is 30.3. The fourth-order valence-electron chi connectivity index (χ4n) is 3.55. The van der Waals surface area contributed by atoms with Crippen molar-refractivity contribution < 1.29 is 14.1 Å². The van der Waals surface area contributed by atoms with Crippen molar-refractivity contribution in [3.8, 4) is 11.4 Å². The van der Waals surface area contributed by atoms with Gasteiger partial charge in [0, 0.05) is 31.3 Å². The van der Waals surface area contributed by atoms with Crippen LogP contribution in [0.1, 0.15) is 38.0 Å². The number of hydrogen-bond donors (Lipinski definition) is 1. The Balaban J connectivity index is 1.58. The van der Waals surface area contributed by atoms with Crippen LogP contribution in [0, 0.1) is 0 Å². The van der Waals surface area contributed by atoms with E-state index in [2.05, 4.69) is 15.5 Å². The molecule has 2 amide bonds. The van der Waals surface area contributed by atoms with Crippen LogP contribution in [-0.2, 0) is 15.0 Å². The van der Waals surface area contributed by atoms with Crippen LogP contribution in [0.4, 0.5) is 5.69 Å². The molecule has 0 atom stereocenters. The quantitative estimate of drug-likeness (QED) is 0.920. The van der Waals surface area contributed by atoms with E-state index >= 15 is 0 Å². The van der Waals surface area contributed by atoms with Crippen molar-refractivity contribution in [3.05, 3.63) is 30.2 Å². The fourth-order valence-corrected chi connectivity index (χ4v) is 3.55. The maximum atomic E-state index is 12.2. The molecule has 2 heterocycles. The smallest absolute Gasteiger partial charge is 0.242 e. The van der Waals surface area contributed by atoms with Gasteiger partial charge in [0.25, 0.3) is 0 Å². The van der Waals surface area contributed by atoms with Crippen molar-refractivity contribution in [2.24, 2.45) is 0 Å². The Morgan fingerprint density at radius 2 is 2.00 bits per heavy atom. The van der Waals surface area contributed by atoms with Gasteiger partial charge < -0.3 is 14.7 Å². The number of benzene rings is 1. The van der Waals surface area contributed by atoms with Crippen molar-refractivity contribution in [2.75, 3.05) is 18.5 Å². The van der Waals surface area contributed by atoms with Crippen molar-refractivity contribution in [1.82, 2.24) is 15.5 Å². The predicted octanol–water partition coefficient (Wildman–Crippen LogP) is 2.03. The van der Waals surface area contributed by atoms with Crippen LogP contribution in [0.15, 0.2) is 28.8 Å². The van der Waals surface area contributed by atoms with Crippen LogP contribution in [-0.4, -0.2) is 35.5 Å². The lowest BCUT2D eigenvalue weighted by molar-refractivity contribution is -0.130. The molecule has 7 nitrogen and oxygen atoms in total. The van der Waals surface area contributed by atoms with Gasteiger partial charge in [-0.1, -0.05) is 11.6 Å². The molecule has 7 heteroatoms. The summed E-state index contributed by atoms with van der Waals surface area (Å²) in [7, 11) is 1.62. The molecule has 25 heavy (non-hydrogen) atoms. The first kappa shape index (κ1) is 15.8. The molecule has 0 radical (unpaired) electrons. The van der Waals surface area contributed by atoms with Gasteiger partial charge in [0.15, 0.2) is 0 Å². The van der Waals surface area contributed by atoms with Crippen LogP contribution >= 0.6 is 0 Å². The molecule has 1 aromatic carbocycles. The van der Waals surface area contributed by atoms with Crippen molar-refractivity contribution in [1.29, 1.82) is 0 Å². The molecular formula is C18H20N4O3. The second-order valence-electron chi connectivity index (χ2n) is 6.63. The number of nitrogens with one attached hydrogen (secondary N) is 1. The molecule has 1 aromatic heterocycles. The van der Waals surface area contributed by atoms with Crippen LogP contribution in [0.25, 0.3) is 11.4 Å². The summed E-state index contributed by atoms with van der Waals surface area (Å²) in [5, 5.41) is 6.74. The standard InChI is InChI=1S/C18H20N4O3/c1-19-16(24)18(9-3-10-18)17-20-15(21-25-17)12-5-7-13(8-6-12)22-11-2-4-14(22)23/h5-8H,2-4,9-11H2,1H3,(H,19,24). The second-order valence-corrected chi connectivity index (χ2v) is 6.63. The Morgan fingerprint density at radius 3 is 2.56 bits per heavy atom. The van der Waals surface area contributed by atoms with E-state index in [0.717, 1.165) is 43.5 Å². The van der Waals surface area contributed by atoms with Crippen molar-refractivity contribution in [3.63, 3.8) is 0 Å². The second kappa shape index (κ2) is 5.98. The molecule has 1 saturated carbocycles. The zero-order valence-corrected chi connectivity index (χ0v) is 14.1. The highest BCUT2D eigenvalue weighted by molar-refractivity contribution is 5.95. The summed E-state index contributed by atoms with van der Waals surface area (Å²) >= 11 is 0. The lowest BCUT2D eigenvalue weighted by atomic mass is 9.68. The summed E-state index contributed by atoms with van der Waals surface area (Å²) in [6.07, 6.45) is 3.94. The van der Waals surface area contributed by atoms with E-state index in [9.17, 15) is 9.59 Å². The molecule has 4 rings (SSSR count). The summed E-state index contributed by atoms with van der Waals surface area (Å²) in [6, 6.07) is 7.55. The van der Waals surface area contributed by atoms with E-state index in [-0.39, 0.29) is 11.8 Å². The number of hydrogen-bond acceptors (Lipinski definition) is 5. The minimum atomic E-state index is -0.679. The van der Waals surface area contributed by atoms with Gasteiger partial charge in [0.2, 0.25) is 23.5 Å². The molecule has 0 unspecified atom stereocenters. The van der Waals surface area contributed by atoms with Crippen molar-refractivity contribution >= 4 is 17.5 Å². The minimum absolute atomic E-state index is 0.0724.